The lowest BCUT2D eigenvalue weighted by molar-refractivity contribution is -0.141. The third kappa shape index (κ3) is 2.95. The van der Waals surface area contributed by atoms with Crippen LogP contribution in [0.3, 0.4) is 0 Å². The van der Waals surface area contributed by atoms with Crippen LogP contribution < -0.4 is 0 Å². The summed E-state index contributed by atoms with van der Waals surface area (Å²) in [6, 6.07) is 0. The van der Waals surface area contributed by atoms with Crippen LogP contribution in [-0.4, -0.2) is 23.7 Å². The lowest BCUT2D eigenvalue weighted by Crippen LogP contribution is -2.14. The molecule has 8 heteroatoms. The van der Waals surface area contributed by atoms with Crippen LogP contribution in [0.15, 0.2) is 4.42 Å². The first-order valence-corrected chi connectivity index (χ1v) is 6.23. The van der Waals surface area contributed by atoms with Gasteiger partial charge in [0.2, 0.25) is 11.7 Å². The second-order valence-electron chi connectivity index (χ2n) is 4.46. The number of aromatic nitrogens is 1. The zero-order chi connectivity index (χ0) is 14.9. The topological polar surface area (TPSA) is 61.6 Å². The number of halogens is 3. The van der Waals surface area contributed by atoms with Gasteiger partial charge in [0.15, 0.2) is 5.69 Å². The monoisotopic (exact) mass is 293 g/mol. The van der Waals surface area contributed by atoms with E-state index in [1.54, 1.807) is 6.92 Å². The van der Waals surface area contributed by atoms with Gasteiger partial charge >= 0.3 is 12.1 Å². The third-order valence-electron chi connectivity index (χ3n) is 2.88. The molecule has 1 fully saturated rings. The number of carbonyl (C=O) groups excluding carboxylic acids is 1. The zero-order valence-electron chi connectivity index (χ0n) is 11.0. The fraction of sp³-hybridized carbons (Fsp3) is 0.667. The molecule has 112 valence electrons. The average molecular weight is 293 g/mol. The third-order valence-corrected chi connectivity index (χ3v) is 2.88. The second-order valence-corrected chi connectivity index (χ2v) is 4.46. The molecular weight excluding hydrogens is 279 g/mol. The van der Waals surface area contributed by atoms with E-state index < -0.39 is 29.7 Å². The molecular formula is C12H14F3NO4. The summed E-state index contributed by atoms with van der Waals surface area (Å²) < 4.78 is 53.5. The molecule has 0 radical (unpaired) electrons. The highest BCUT2D eigenvalue weighted by molar-refractivity contribution is 5.87. The summed E-state index contributed by atoms with van der Waals surface area (Å²) in [6.07, 6.45) is -4.32. The molecule has 0 aromatic carbocycles. The molecule has 0 bridgehead atoms. The maximum Gasteiger partial charge on any atom is 0.437 e. The summed E-state index contributed by atoms with van der Waals surface area (Å²) in [4.78, 5) is 14.9. The SMILES string of the molecule is CCOC(=O)c1oc(C2CCC(C)O2)nc1C(F)(F)F. The number of nitrogens with zero attached hydrogens (tertiary/aromatic N) is 1. The number of esters is 1. The Morgan fingerprint density at radius 3 is 2.65 bits per heavy atom. The van der Waals surface area contributed by atoms with E-state index in [4.69, 9.17) is 9.15 Å². The molecule has 0 spiro atoms. The maximum absolute atomic E-state index is 12.9. The normalized spacial score (nSPS) is 23.1. The fourth-order valence-electron chi connectivity index (χ4n) is 1.99. The number of alkyl halides is 3. The van der Waals surface area contributed by atoms with Crippen LogP contribution in [0.4, 0.5) is 13.2 Å². The molecule has 2 rings (SSSR count). The zero-order valence-corrected chi connectivity index (χ0v) is 11.0. The minimum absolute atomic E-state index is 0.0525. The van der Waals surface area contributed by atoms with Crippen LogP contribution >= 0.6 is 0 Å². The lowest BCUT2D eigenvalue weighted by atomic mass is 10.2. The van der Waals surface area contributed by atoms with Crippen LogP contribution in [0.5, 0.6) is 0 Å². The van der Waals surface area contributed by atoms with Gasteiger partial charge in [-0.1, -0.05) is 0 Å². The van der Waals surface area contributed by atoms with Crippen molar-refractivity contribution < 1.29 is 31.9 Å². The van der Waals surface area contributed by atoms with Crippen molar-refractivity contribution in [2.75, 3.05) is 6.61 Å². The quantitative estimate of drug-likeness (QED) is 0.801. The molecule has 2 atom stereocenters. The summed E-state index contributed by atoms with van der Waals surface area (Å²) in [5.74, 6) is -2.33. The Balaban J connectivity index is 2.34. The first-order valence-electron chi connectivity index (χ1n) is 6.23. The number of carbonyl (C=O) groups is 1. The molecule has 1 aromatic rings. The minimum Gasteiger partial charge on any atom is -0.460 e. The predicted octanol–water partition coefficient (Wildman–Crippen LogP) is 3.11. The van der Waals surface area contributed by atoms with E-state index in [0.29, 0.717) is 12.8 Å². The number of oxazole rings is 1. The molecule has 1 saturated heterocycles. The van der Waals surface area contributed by atoms with Gasteiger partial charge in [0, 0.05) is 0 Å². The number of hydrogen-bond acceptors (Lipinski definition) is 5. The van der Waals surface area contributed by atoms with Crippen LogP contribution in [0.25, 0.3) is 0 Å². The van der Waals surface area contributed by atoms with Crippen molar-refractivity contribution in [2.24, 2.45) is 0 Å². The van der Waals surface area contributed by atoms with Gasteiger partial charge in [-0.3, -0.25) is 0 Å². The Labute approximate surface area is 113 Å². The van der Waals surface area contributed by atoms with Gasteiger partial charge < -0.3 is 13.9 Å². The first-order chi connectivity index (χ1) is 9.32. The van der Waals surface area contributed by atoms with Crippen molar-refractivity contribution in [3.05, 3.63) is 17.3 Å². The average Bonchev–Trinajstić information content (AvgIpc) is 2.94. The van der Waals surface area contributed by atoms with Crippen molar-refractivity contribution in [3.63, 3.8) is 0 Å². The lowest BCUT2D eigenvalue weighted by Gasteiger charge is -2.05. The summed E-state index contributed by atoms with van der Waals surface area (Å²) in [6.45, 7) is 3.24. The van der Waals surface area contributed by atoms with Crippen LogP contribution in [0.1, 0.15) is 54.9 Å². The Bertz CT molecular complexity index is 497. The molecule has 1 aliphatic rings. The molecule has 2 heterocycles. The van der Waals surface area contributed by atoms with Gasteiger partial charge in [0.1, 0.15) is 6.10 Å². The molecule has 20 heavy (non-hydrogen) atoms. The highest BCUT2D eigenvalue weighted by atomic mass is 19.4. The van der Waals surface area contributed by atoms with E-state index in [1.165, 1.54) is 6.92 Å². The van der Waals surface area contributed by atoms with Crippen molar-refractivity contribution in [1.82, 2.24) is 4.98 Å². The molecule has 1 aliphatic heterocycles. The van der Waals surface area contributed by atoms with E-state index in [1.807, 2.05) is 0 Å². The molecule has 0 saturated carbocycles. The summed E-state index contributed by atoms with van der Waals surface area (Å²) in [7, 11) is 0. The highest BCUT2D eigenvalue weighted by Crippen LogP contribution is 2.37. The fourth-order valence-corrected chi connectivity index (χ4v) is 1.99. The van der Waals surface area contributed by atoms with Crippen molar-refractivity contribution >= 4 is 5.97 Å². The predicted molar refractivity (Wildman–Crippen MR) is 60.0 cm³/mol. The van der Waals surface area contributed by atoms with E-state index >= 15 is 0 Å². The second kappa shape index (κ2) is 5.43. The van der Waals surface area contributed by atoms with Crippen molar-refractivity contribution in [3.8, 4) is 0 Å². The number of rotatable bonds is 3. The standard InChI is InChI=1S/C12H14F3NO4/c1-3-18-11(17)8-9(12(13,14)15)16-10(20-8)7-5-4-6(2)19-7/h6-7H,3-5H2,1-2H3. The van der Waals surface area contributed by atoms with E-state index in [0.717, 1.165) is 0 Å². The van der Waals surface area contributed by atoms with E-state index in [2.05, 4.69) is 9.72 Å². The maximum atomic E-state index is 12.9. The molecule has 0 N–H and O–H groups in total. The van der Waals surface area contributed by atoms with Gasteiger partial charge in [0.05, 0.1) is 12.7 Å². The Morgan fingerprint density at radius 2 is 2.15 bits per heavy atom. The number of ether oxygens (including phenoxy) is 2. The van der Waals surface area contributed by atoms with Gasteiger partial charge in [-0.2, -0.15) is 13.2 Å². The van der Waals surface area contributed by atoms with Crippen LogP contribution in [0, 0.1) is 0 Å². The highest BCUT2D eigenvalue weighted by Gasteiger charge is 2.43. The number of hydrogen-bond donors (Lipinski definition) is 0. The Morgan fingerprint density at radius 1 is 1.45 bits per heavy atom. The summed E-state index contributed by atoms with van der Waals surface area (Å²) >= 11 is 0. The molecule has 0 amide bonds. The molecule has 1 aromatic heterocycles. The summed E-state index contributed by atoms with van der Waals surface area (Å²) in [5.41, 5.74) is -1.37. The van der Waals surface area contributed by atoms with E-state index in [9.17, 15) is 18.0 Å². The smallest absolute Gasteiger partial charge is 0.437 e. The Kier molecular flexibility index (Phi) is 4.03. The van der Waals surface area contributed by atoms with Crippen molar-refractivity contribution in [1.29, 1.82) is 0 Å². The summed E-state index contributed by atoms with van der Waals surface area (Å²) in [5, 5.41) is 0. The van der Waals surface area contributed by atoms with Crippen LogP contribution in [-0.2, 0) is 15.7 Å². The van der Waals surface area contributed by atoms with Gasteiger partial charge in [-0.15, -0.1) is 0 Å². The minimum atomic E-state index is -4.78. The van der Waals surface area contributed by atoms with Crippen molar-refractivity contribution in [2.45, 2.75) is 45.1 Å². The Hall–Kier alpha value is -1.57. The van der Waals surface area contributed by atoms with Gasteiger partial charge in [-0.05, 0) is 26.7 Å². The van der Waals surface area contributed by atoms with E-state index in [-0.39, 0.29) is 18.6 Å². The molecule has 0 aliphatic carbocycles. The van der Waals surface area contributed by atoms with Gasteiger partial charge in [0.25, 0.3) is 0 Å². The molecule has 2 unspecified atom stereocenters. The van der Waals surface area contributed by atoms with Gasteiger partial charge in [-0.25, -0.2) is 9.78 Å². The van der Waals surface area contributed by atoms with Crippen LogP contribution in [0.2, 0.25) is 0 Å². The molecule has 5 nitrogen and oxygen atoms in total. The largest absolute Gasteiger partial charge is 0.460 e. The first kappa shape index (κ1) is 14.8.